The van der Waals surface area contributed by atoms with Crippen LogP contribution >= 0.6 is 0 Å². The van der Waals surface area contributed by atoms with Gasteiger partial charge in [0, 0.05) is 47.3 Å². The number of aromatic amines is 1. The van der Waals surface area contributed by atoms with Gasteiger partial charge in [0.15, 0.2) is 0 Å². The predicted molar refractivity (Wildman–Crippen MR) is 133 cm³/mol. The second-order valence-electron chi connectivity index (χ2n) is 9.57. The minimum absolute atomic E-state index is 0.0531. The number of rotatable bonds is 6. The van der Waals surface area contributed by atoms with E-state index in [9.17, 15) is 9.59 Å². The van der Waals surface area contributed by atoms with Gasteiger partial charge in [0.1, 0.15) is 5.75 Å². The van der Waals surface area contributed by atoms with Crippen molar-refractivity contribution in [1.29, 1.82) is 0 Å². The molecule has 2 aromatic heterocycles. The standard InChI is InChI=1S/C27H30N4O3/c1-16(30(2)3)13-27(21-14-28-22-9-7-6-8-18(21)22)24(25(32)29-26(27)33)20-15-31(4)23-11-10-17(34-5)12-19(20)23/h6-12,14-16,24,28H,13H2,1-5H3,(H,29,32,33). The Bertz CT molecular complexity index is 1420. The second-order valence-corrected chi connectivity index (χ2v) is 9.57. The molecule has 34 heavy (non-hydrogen) atoms. The number of methoxy groups -OCH3 is 1. The molecule has 3 atom stereocenters. The zero-order chi connectivity index (χ0) is 24.2. The number of ether oxygens (including phenoxy) is 1. The van der Waals surface area contributed by atoms with Crippen molar-refractivity contribution in [3.63, 3.8) is 0 Å². The van der Waals surface area contributed by atoms with Crippen LogP contribution < -0.4 is 10.1 Å². The fraction of sp³-hybridized carbons (Fsp3) is 0.333. The largest absolute Gasteiger partial charge is 0.497 e. The van der Waals surface area contributed by atoms with Crippen molar-refractivity contribution in [3.8, 4) is 5.75 Å². The normalized spacial score (nSPS) is 21.5. The Labute approximate surface area is 198 Å². The molecule has 1 aliphatic rings. The molecule has 176 valence electrons. The van der Waals surface area contributed by atoms with Crippen LogP contribution in [0.2, 0.25) is 0 Å². The lowest BCUT2D eigenvalue weighted by atomic mass is 9.65. The Balaban J connectivity index is 1.82. The molecule has 7 heteroatoms. The van der Waals surface area contributed by atoms with Gasteiger partial charge >= 0.3 is 0 Å². The van der Waals surface area contributed by atoms with Crippen LogP contribution in [0.4, 0.5) is 0 Å². The summed E-state index contributed by atoms with van der Waals surface area (Å²) in [6.45, 7) is 2.09. The third kappa shape index (κ3) is 3.15. The van der Waals surface area contributed by atoms with Crippen LogP contribution in [-0.4, -0.2) is 53.5 Å². The molecule has 7 nitrogen and oxygen atoms in total. The van der Waals surface area contributed by atoms with Gasteiger partial charge in [0.2, 0.25) is 11.8 Å². The first kappa shape index (κ1) is 22.2. The number of aromatic nitrogens is 2. The average molecular weight is 459 g/mol. The molecule has 5 rings (SSSR count). The molecule has 3 heterocycles. The Morgan fingerprint density at radius 3 is 2.65 bits per heavy atom. The molecule has 0 spiro atoms. The number of aryl methyl sites for hydroxylation is 1. The van der Waals surface area contributed by atoms with E-state index < -0.39 is 11.3 Å². The van der Waals surface area contributed by atoms with Crippen LogP contribution in [0.1, 0.15) is 30.4 Å². The Kier molecular flexibility index (Phi) is 5.24. The lowest BCUT2D eigenvalue weighted by Gasteiger charge is -2.36. The summed E-state index contributed by atoms with van der Waals surface area (Å²) in [6.07, 6.45) is 4.38. The molecule has 1 fully saturated rings. The number of hydrogen-bond acceptors (Lipinski definition) is 4. The number of carbonyl (C=O) groups is 2. The van der Waals surface area contributed by atoms with E-state index in [1.54, 1.807) is 7.11 Å². The highest BCUT2D eigenvalue weighted by atomic mass is 16.5. The molecule has 0 radical (unpaired) electrons. The molecule has 0 aliphatic carbocycles. The molecule has 0 bridgehead atoms. The van der Waals surface area contributed by atoms with E-state index in [0.717, 1.165) is 32.9 Å². The maximum absolute atomic E-state index is 13.9. The van der Waals surface area contributed by atoms with Crippen molar-refractivity contribution in [2.75, 3.05) is 21.2 Å². The summed E-state index contributed by atoms with van der Waals surface area (Å²) in [5.41, 5.74) is 2.54. The van der Waals surface area contributed by atoms with Crippen LogP contribution in [0.15, 0.2) is 54.9 Å². The molecule has 2 aromatic carbocycles. The number of H-pyrrole nitrogens is 1. The number of nitrogens with one attached hydrogen (secondary N) is 2. The van der Waals surface area contributed by atoms with E-state index in [4.69, 9.17) is 4.74 Å². The van der Waals surface area contributed by atoms with E-state index in [1.807, 2.05) is 80.6 Å². The number of para-hydroxylation sites is 1. The Morgan fingerprint density at radius 2 is 1.91 bits per heavy atom. The summed E-state index contributed by atoms with van der Waals surface area (Å²) < 4.78 is 7.50. The lowest BCUT2D eigenvalue weighted by Crippen LogP contribution is -2.44. The minimum Gasteiger partial charge on any atom is -0.497 e. The van der Waals surface area contributed by atoms with Crippen molar-refractivity contribution in [1.82, 2.24) is 19.8 Å². The van der Waals surface area contributed by atoms with Gasteiger partial charge in [-0.25, -0.2) is 0 Å². The van der Waals surface area contributed by atoms with Crippen molar-refractivity contribution in [3.05, 3.63) is 66.0 Å². The van der Waals surface area contributed by atoms with Gasteiger partial charge in [-0.1, -0.05) is 18.2 Å². The number of hydrogen-bond donors (Lipinski definition) is 2. The second kappa shape index (κ2) is 8.02. The number of benzene rings is 2. The first-order chi connectivity index (χ1) is 16.3. The zero-order valence-corrected chi connectivity index (χ0v) is 20.2. The van der Waals surface area contributed by atoms with Crippen LogP contribution in [0.5, 0.6) is 5.75 Å². The molecule has 2 amide bonds. The van der Waals surface area contributed by atoms with Crippen molar-refractivity contribution in [2.24, 2.45) is 7.05 Å². The van der Waals surface area contributed by atoms with Gasteiger partial charge in [-0.2, -0.15) is 0 Å². The number of fused-ring (bicyclic) bond motifs is 2. The summed E-state index contributed by atoms with van der Waals surface area (Å²) in [5, 5.41) is 4.58. The lowest BCUT2D eigenvalue weighted by molar-refractivity contribution is -0.126. The fourth-order valence-corrected chi connectivity index (χ4v) is 5.50. The Hall–Kier alpha value is -3.58. The summed E-state index contributed by atoms with van der Waals surface area (Å²) in [7, 11) is 7.59. The van der Waals surface area contributed by atoms with Gasteiger partial charge in [0.25, 0.3) is 0 Å². The summed E-state index contributed by atoms with van der Waals surface area (Å²) >= 11 is 0. The maximum Gasteiger partial charge on any atom is 0.238 e. The van der Waals surface area contributed by atoms with E-state index >= 15 is 0 Å². The average Bonchev–Trinajstić information content (AvgIpc) is 3.46. The molecule has 2 N–H and O–H groups in total. The smallest absolute Gasteiger partial charge is 0.238 e. The topological polar surface area (TPSA) is 79.4 Å². The number of amides is 2. The summed E-state index contributed by atoms with van der Waals surface area (Å²) in [5.74, 6) is -0.487. The molecular formula is C27H30N4O3. The van der Waals surface area contributed by atoms with E-state index in [1.165, 1.54) is 0 Å². The number of imide groups is 1. The van der Waals surface area contributed by atoms with Crippen LogP contribution in [0.25, 0.3) is 21.8 Å². The van der Waals surface area contributed by atoms with Crippen LogP contribution in [0, 0.1) is 0 Å². The Morgan fingerprint density at radius 1 is 1.15 bits per heavy atom. The quantitative estimate of drug-likeness (QED) is 0.432. The maximum atomic E-state index is 13.9. The predicted octanol–water partition coefficient (Wildman–Crippen LogP) is 3.69. The highest BCUT2D eigenvalue weighted by molar-refractivity contribution is 6.15. The molecular weight excluding hydrogens is 428 g/mol. The van der Waals surface area contributed by atoms with Crippen molar-refractivity contribution in [2.45, 2.75) is 30.7 Å². The highest BCUT2D eigenvalue weighted by Crippen LogP contribution is 2.51. The molecule has 4 aromatic rings. The monoisotopic (exact) mass is 458 g/mol. The van der Waals surface area contributed by atoms with E-state index in [2.05, 4.69) is 22.1 Å². The minimum atomic E-state index is -1.07. The van der Waals surface area contributed by atoms with Gasteiger partial charge in [-0.3, -0.25) is 14.9 Å². The third-order valence-electron chi connectivity index (χ3n) is 7.50. The molecule has 1 aliphatic heterocycles. The zero-order valence-electron chi connectivity index (χ0n) is 20.2. The first-order valence-electron chi connectivity index (χ1n) is 11.5. The van der Waals surface area contributed by atoms with Gasteiger partial charge < -0.3 is 19.2 Å². The van der Waals surface area contributed by atoms with Crippen LogP contribution in [0.3, 0.4) is 0 Å². The number of carbonyl (C=O) groups excluding carboxylic acids is 2. The molecule has 1 saturated heterocycles. The van der Waals surface area contributed by atoms with Gasteiger partial charge in [-0.05, 0) is 62.8 Å². The summed E-state index contributed by atoms with van der Waals surface area (Å²) in [4.78, 5) is 32.9. The van der Waals surface area contributed by atoms with Crippen molar-refractivity contribution < 1.29 is 14.3 Å². The van der Waals surface area contributed by atoms with Crippen molar-refractivity contribution >= 4 is 33.6 Å². The first-order valence-corrected chi connectivity index (χ1v) is 11.5. The molecule has 0 saturated carbocycles. The van der Waals surface area contributed by atoms with Crippen LogP contribution in [-0.2, 0) is 22.1 Å². The SMILES string of the molecule is COc1ccc2c(c1)c(C1C(=O)NC(=O)C1(CC(C)N(C)C)c1c[nH]c3ccccc13)cn2C. The van der Waals surface area contributed by atoms with Gasteiger partial charge in [0.05, 0.1) is 18.4 Å². The number of nitrogens with zero attached hydrogens (tertiary/aromatic N) is 2. The van der Waals surface area contributed by atoms with Gasteiger partial charge in [-0.15, -0.1) is 0 Å². The van der Waals surface area contributed by atoms with E-state index in [0.29, 0.717) is 12.2 Å². The summed E-state index contributed by atoms with van der Waals surface area (Å²) in [6, 6.07) is 13.8. The molecule has 3 unspecified atom stereocenters. The third-order valence-corrected chi connectivity index (χ3v) is 7.50. The fourth-order valence-electron chi connectivity index (χ4n) is 5.50. The van der Waals surface area contributed by atoms with E-state index in [-0.39, 0.29) is 17.9 Å². The highest BCUT2D eigenvalue weighted by Gasteiger charge is 2.58.